The molecule has 1 aromatic heterocycles. The molecule has 1 unspecified atom stereocenters. The number of hydrogen-bond donors (Lipinski definition) is 1. The average molecular weight is 290 g/mol. The van der Waals surface area contributed by atoms with E-state index in [0.717, 1.165) is 23.4 Å². The lowest BCUT2D eigenvalue weighted by atomic mass is 9.76. The molecule has 0 aliphatic heterocycles. The van der Waals surface area contributed by atoms with Crippen molar-refractivity contribution in [3.05, 3.63) is 40.7 Å². The summed E-state index contributed by atoms with van der Waals surface area (Å²) in [5.41, 5.74) is 2.47. The molecule has 1 aliphatic rings. The molecule has 3 rings (SSSR count). The summed E-state index contributed by atoms with van der Waals surface area (Å²) in [4.78, 5) is 6.14. The molecule has 0 radical (unpaired) electrons. The second kappa shape index (κ2) is 4.93. The van der Waals surface area contributed by atoms with Crippen LogP contribution < -0.4 is 5.32 Å². The number of halogens is 1. The van der Waals surface area contributed by atoms with Crippen LogP contribution >= 0.6 is 11.3 Å². The summed E-state index contributed by atoms with van der Waals surface area (Å²) < 4.78 is 13.0. The van der Waals surface area contributed by atoms with Crippen molar-refractivity contribution in [2.45, 2.75) is 32.7 Å². The van der Waals surface area contributed by atoms with Crippen LogP contribution in [0.1, 0.15) is 36.9 Å². The van der Waals surface area contributed by atoms with Crippen LogP contribution in [-0.2, 0) is 6.42 Å². The Balaban J connectivity index is 2.01. The molecule has 2 aromatic rings. The second-order valence-corrected chi connectivity index (χ2v) is 7.25. The summed E-state index contributed by atoms with van der Waals surface area (Å²) in [5.74, 6) is -0.204. The van der Waals surface area contributed by atoms with Gasteiger partial charge in [0.2, 0.25) is 0 Å². The second-order valence-electron chi connectivity index (χ2n) is 6.22. The highest BCUT2D eigenvalue weighted by atomic mass is 32.1. The van der Waals surface area contributed by atoms with Crippen molar-refractivity contribution in [3.8, 4) is 10.6 Å². The molecule has 20 heavy (non-hydrogen) atoms. The number of aromatic nitrogens is 1. The van der Waals surface area contributed by atoms with Crippen LogP contribution in [0, 0.1) is 11.2 Å². The quantitative estimate of drug-likeness (QED) is 0.897. The minimum absolute atomic E-state index is 0.204. The number of benzene rings is 1. The van der Waals surface area contributed by atoms with Gasteiger partial charge in [-0.15, -0.1) is 11.3 Å². The fraction of sp³-hybridized carbons (Fsp3) is 0.438. The van der Waals surface area contributed by atoms with Gasteiger partial charge in [0.05, 0.1) is 5.69 Å². The topological polar surface area (TPSA) is 24.9 Å². The smallest absolute Gasteiger partial charge is 0.123 e. The van der Waals surface area contributed by atoms with Crippen molar-refractivity contribution in [2.75, 3.05) is 7.05 Å². The van der Waals surface area contributed by atoms with Crippen LogP contribution in [0.15, 0.2) is 24.3 Å². The molecular formula is C16H19FN2S. The Morgan fingerprint density at radius 1 is 1.30 bits per heavy atom. The van der Waals surface area contributed by atoms with E-state index in [1.807, 2.05) is 7.05 Å². The van der Waals surface area contributed by atoms with Gasteiger partial charge < -0.3 is 5.32 Å². The van der Waals surface area contributed by atoms with E-state index in [1.165, 1.54) is 22.7 Å². The van der Waals surface area contributed by atoms with Crippen molar-refractivity contribution in [2.24, 2.45) is 5.41 Å². The molecule has 1 aliphatic carbocycles. The molecule has 0 saturated heterocycles. The molecule has 0 spiro atoms. The van der Waals surface area contributed by atoms with Crippen molar-refractivity contribution in [1.29, 1.82) is 0 Å². The predicted octanol–water partition coefficient (Wildman–Crippen LogP) is 4.18. The van der Waals surface area contributed by atoms with Gasteiger partial charge in [0.15, 0.2) is 0 Å². The third-order valence-electron chi connectivity index (χ3n) is 3.89. The maximum atomic E-state index is 13.0. The maximum absolute atomic E-state index is 13.0. The molecular weight excluding hydrogens is 271 g/mol. The molecule has 0 bridgehead atoms. The summed E-state index contributed by atoms with van der Waals surface area (Å²) in [7, 11) is 2.01. The summed E-state index contributed by atoms with van der Waals surface area (Å²) in [6, 6.07) is 6.98. The van der Waals surface area contributed by atoms with Gasteiger partial charge in [0, 0.05) is 16.5 Å². The summed E-state index contributed by atoms with van der Waals surface area (Å²) in [6.45, 7) is 4.58. The van der Waals surface area contributed by atoms with Crippen molar-refractivity contribution in [3.63, 3.8) is 0 Å². The minimum Gasteiger partial charge on any atom is -0.312 e. The van der Waals surface area contributed by atoms with Gasteiger partial charge in [0.1, 0.15) is 10.8 Å². The predicted molar refractivity (Wildman–Crippen MR) is 81.4 cm³/mol. The third kappa shape index (κ3) is 2.50. The van der Waals surface area contributed by atoms with E-state index >= 15 is 0 Å². The summed E-state index contributed by atoms with van der Waals surface area (Å²) in [5, 5.41) is 4.39. The maximum Gasteiger partial charge on any atom is 0.123 e. The fourth-order valence-electron chi connectivity index (χ4n) is 2.88. The molecule has 0 fully saturated rings. The van der Waals surface area contributed by atoms with E-state index in [-0.39, 0.29) is 11.2 Å². The highest BCUT2D eigenvalue weighted by Crippen LogP contribution is 2.44. The van der Waals surface area contributed by atoms with Gasteiger partial charge in [0.25, 0.3) is 0 Å². The van der Waals surface area contributed by atoms with Gasteiger partial charge in [-0.1, -0.05) is 13.8 Å². The van der Waals surface area contributed by atoms with E-state index in [0.29, 0.717) is 6.04 Å². The number of thiazole rings is 1. The van der Waals surface area contributed by atoms with Crippen molar-refractivity contribution >= 4 is 11.3 Å². The molecule has 106 valence electrons. The first-order chi connectivity index (χ1) is 9.48. The van der Waals surface area contributed by atoms with Crippen LogP contribution in [0.25, 0.3) is 10.6 Å². The number of rotatable bonds is 2. The van der Waals surface area contributed by atoms with Crippen molar-refractivity contribution in [1.82, 2.24) is 10.3 Å². The normalized spacial score (nSPS) is 20.7. The molecule has 0 saturated carbocycles. The zero-order chi connectivity index (χ0) is 14.3. The van der Waals surface area contributed by atoms with Gasteiger partial charge in [-0.25, -0.2) is 9.37 Å². The number of fused-ring (bicyclic) bond motifs is 1. The molecule has 2 nitrogen and oxygen atoms in total. The third-order valence-corrected chi connectivity index (χ3v) is 5.15. The first-order valence-electron chi connectivity index (χ1n) is 6.91. The Labute approximate surface area is 123 Å². The molecule has 4 heteroatoms. The van der Waals surface area contributed by atoms with E-state index in [2.05, 4.69) is 19.2 Å². The van der Waals surface area contributed by atoms with Gasteiger partial charge in [-0.3, -0.25) is 0 Å². The Kier molecular flexibility index (Phi) is 3.38. The highest BCUT2D eigenvalue weighted by molar-refractivity contribution is 7.15. The molecule has 0 amide bonds. The van der Waals surface area contributed by atoms with Crippen LogP contribution in [-0.4, -0.2) is 12.0 Å². The lowest BCUT2D eigenvalue weighted by molar-refractivity contribution is 0.265. The Hall–Kier alpha value is -1.26. The Morgan fingerprint density at radius 2 is 2.00 bits per heavy atom. The van der Waals surface area contributed by atoms with Gasteiger partial charge >= 0.3 is 0 Å². The minimum atomic E-state index is -0.204. The summed E-state index contributed by atoms with van der Waals surface area (Å²) in [6.07, 6.45) is 2.14. The number of hydrogen-bond acceptors (Lipinski definition) is 3. The SMILES string of the molecule is CNC1CC(C)(C)Cc2nc(-c3ccc(F)cc3)sc21. The van der Waals surface area contributed by atoms with E-state index in [4.69, 9.17) is 4.98 Å². The summed E-state index contributed by atoms with van der Waals surface area (Å²) >= 11 is 1.73. The van der Waals surface area contributed by atoms with Crippen LogP contribution in [0.4, 0.5) is 4.39 Å². The zero-order valence-electron chi connectivity index (χ0n) is 12.0. The standard InChI is InChI=1S/C16H19FN2S/c1-16(2)8-12(18-3)14-13(9-16)19-15(20-14)10-4-6-11(17)7-5-10/h4-7,12,18H,8-9H2,1-3H3. The highest BCUT2D eigenvalue weighted by Gasteiger charge is 2.34. The van der Waals surface area contributed by atoms with Crippen LogP contribution in [0.2, 0.25) is 0 Å². The van der Waals surface area contributed by atoms with Crippen molar-refractivity contribution < 1.29 is 4.39 Å². The molecule has 1 aromatic carbocycles. The number of nitrogens with zero attached hydrogens (tertiary/aromatic N) is 1. The molecule has 1 N–H and O–H groups in total. The van der Waals surface area contributed by atoms with E-state index < -0.39 is 0 Å². The monoisotopic (exact) mass is 290 g/mol. The molecule has 1 heterocycles. The molecule has 1 atom stereocenters. The van der Waals surface area contributed by atoms with E-state index in [9.17, 15) is 4.39 Å². The lowest BCUT2D eigenvalue weighted by Gasteiger charge is -2.34. The van der Waals surface area contributed by atoms with Gasteiger partial charge in [-0.05, 0) is 49.6 Å². The average Bonchev–Trinajstić information content (AvgIpc) is 2.80. The van der Waals surface area contributed by atoms with Gasteiger partial charge in [-0.2, -0.15) is 0 Å². The van der Waals surface area contributed by atoms with Crippen LogP contribution in [0.3, 0.4) is 0 Å². The Bertz CT molecular complexity index is 616. The Morgan fingerprint density at radius 3 is 2.65 bits per heavy atom. The zero-order valence-corrected chi connectivity index (χ0v) is 12.9. The van der Waals surface area contributed by atoms with Crippen LogP contribution in [0.5, 0.6) is 0 Å². The van der Waals surface area contributed by atoms with E-state index in [1.54, 1.807) is 23.5 Å². The first-order valence-corrected chi connectivity index (χ1v) is 7.73. The first kappa shape index (κ1) is 13.7. The fourth-order valence-corrected chi connectivity index (χ4v) is 4.08. The number of nitrogens with one attached hydrogen (secondary N) is 1. The lowest BCUT2D eigenvalue weighted by Crippen LogP contribution is -2.30. The largest absolute Gasteiger partial charge is 0.312 e.